The molecule has 0 aliphatic carbocycles. The van der Waals surface area contributed by atoms with Gasteiger partial charge in [-0.1, -0.05) is 17.7 Å². The molecule has 0 saturated carbocycles. The summed E-state index contributed by atoms with van der Waals surface area (Å²) in [6, 6.07) is 14.2. The number of anilines is 2. The lowest BCUT2D eigenvalue weighted by Gasteiger charge is -2.12. The van der Waals surface area contributed by atoms with E-state index in [2.05, 4.69) is 10.0 Å². The molecular weight excluding hydrogens is 443 g/mol. The van der Waals surface area contributed by atoms with Gasteiger partial charge < -0.3 is 10.1 Å². The minimum absolute atomic E-state index is 0.0557. The number of carbonyl (C=O) groups excluding carboxylic acids is 1. The van der Waals surface area contributed by atoms with Gasteiger partial charge in [0, 0.05) is 11.4 Å². The SMILES string of the molecule is CCOc1ccc(NS(=O)(=O)c2ccc(Cl)c(C(=O)Nc3cc(F)ccc3C)c2)cc1. The maximum absolute atomic E-state index is 13.5. The lowest BCUT2D eigenvalue weighted by atomic mass is 10.1. The van der Waals surface area contributed by atoms with Gasteiger partial charge in [0.05, 0.1) is 22.1 Å². The molecule has 0 aliphatic rings. The van der Waals surface area contributed by atoms with Crippen molar-refractivity contribution in [3.8, 4) is 5.75 Å². The Hall–Kier alpha value is -3.10. The van der Waals surface area contributed by atoms with Crippen LogP contribution in [0.1, 0.15) is 22.8 Å². The fourth-order valence-electron chi connectivity index (χ4n) is 2.76. The Bertz CT molecular complexity index is 1210. The van der Waals surface area contributed by atoms with Crippen LogP contribution in [0.5, 0.6) is 5.75 Å². The van der Waals surface area contributed by atoms with Gasteiger partial charge in [-0.2, -0.15) is 0 Å². The molecule has 3 aromatic carbocycles. The van der Waals surface area contributed by atoms with Crippen LogP contribution in [0.4, 0.5) is 15.8 Å². The molecule has 0 aromatic heterocycles. The van der Waals surface area contributed by atoms with Gasteiger partial charge in [0.1, 0.15) is 11.6 Å². The van der Waals surface area contributed by atoms with E-state index in [4.69, 9.17) is 16.3 Å². The van der Waals surface area contributed by atoms with Crippen molar-refractivity contribution in [2.45, 2.75) is 18.7 Å². The second-order valence-electron chi connectivity index (χ2n) is 6.62. The topological polar surface area (TPSA) is 84.5 Å². The normalized spacial score (nSPS) is 11.1. The van der Waals surface area contributed by atoms with Crippen molar-refractivity contribution in [2.24, 2.45) is 0 Å². The summed E-state index contributed by atoms with van der Waals surface area (Å²) in [7, 11) is -3.99. The number of hydrogen-bond acceptors (Lipinski definition) is 4. The molecular formula is C22H20ClFN2O4S. The van der Waals surface area contributed by atoms with Gasteiger partial charge in [-0.25, -0.2) is 12.8 Å². The van der Waals surface area contributed by atoms with E-state index in [9.17, 15) is 17.6 Å². The number of hydrogen-bond donors (Lipinski definition) is 2. The molecule has 3 rings (SSSR count). The molecule has 9 heteroatoms. The zero-order valence-corrected chi connectivity index (χ0v) is 18.4. The van der Waals surface area contributed by atoms with Crippen molar-refractivity contribution >= 4 is 38.9 Å². The number of ether oxygens (including phenoxy) is 1. The average molecular weight is 463 g/mol. The summed E-state index contributed by atoms with van der Waals surface area (Å²) in [6.07, 6.45) is 0. The fraction of sp³-hybridized carbons (Fsp3) is 0.136. The Kier molecular flexibility index (Phi) is 6.82. The Labute approximate surface area is 185 Å². The second kappa shape index (κ2) is 9.36. The Morgan fingerprint density at radius 3 is 2.45 bits per heavy atom. The minimum Gasteiger partial charge on any atom is -0.494 e. The summed E-state index contributed by atoms with van der Waals surface area (Å²) in [5.74, 6) is -0.553. The number of sulfonamides is 1. The first-order valence-electron chi connectivity index (χ1n) is 9.32. The number of halogens is 2. The Morgan fingerprint density at radius 2 is 1.77 bits per heavy atom. The van der Waals surface area contributed by atoms with Crippen molar-refractivity contribution in [1.29, 1.82) is 0 Å². The van der Waals surface area contributed by atoms with E-state index in [0.29, 0.717) is 23.6 Å². The van der Waals surface area contributed by atoms with Crippen molar-refractivity contribution in [3.05, 3.63) is 82.6 Å². The lowest BCUT2D eigenvalue weighted by molar-refractivity contribution is 0.102. The van der Waals surface area contributed by atoms with E-state index in [1.165, 1.54) is 36.4 Å². The van der Waals surface area contributed by atoms with Gasteiger partial charge >= 0.3 is 0 Å². The number of carbonyl (C=O) groups is 1. The molecule has 0 fully saturated rings. The molecule has 6 nitrogen and oxygen atoms in total. The summed E-state index contributed by atoms with van der Waals surface area (Å²) in [5.41, 5.74) is 1.19. The standard InChI is InChI=1S/C22H20ClFN2O4S/c1-3-30-17-8-6-16(7-9-17)26-31(28,29)18-10-11-20(23)19(13-18)22(27)25-21-12-15(24)5-4-14(21)2/h4-13,26H,3H2,1-2H3,(H,25,27). The van der Waals surface area contributed by atoms with Crippen molar-refractivity contribution in [2.75, 3.05) is 16.6 Å². The van der Waals surface area contributed by atoms with Gasteiger partial charge in [0.25, 0.3) is 15.9 Å². The van der Waals surface area contributed by atoms with Crippen LogP contribution in [0.2, 0.25) is 5.02 Å². The molecule has 0 aliphatic heterocycles. The smallest absolute Gasteiger partial charge is 0.261 e. The number of benzene rings is 3. The van der Waals surface area contributed by atoms with Crippen LogP contribution in [0.25, 0.3) is 0 Å². The highest BCUT2D eigenvalue weighted by molar-refractivity contribution is 7.92. The third kappa shape index (κ3) is 5.53. The first kappa shape index (κ1) is 22.6. The van der Waals surface area contributed by atoms with E-state index < -0.39 is 21.7 Å². The summed E-state index contributed by atoms with van der Waals surface area (Å²) in [6.45, 7) is 4.05. The maximum atomic E-state index is 13.5. The summed E-state index contributed by atoms with van der Waals surface area (Å²) < 4.78 is 46.9. The zero-order valence-electron chi connectivity index (χ0n) is 16.8. The van der Waals surface area contributed by atoms with Crippen molar-refractivity contribution in [3.63, 3.8) is 0 Å². The van der Waals surface area contributed by atoms with Crippen LogP contribution >= 0.6 is 11.6 Å². The Morgan fingerprint density at radius 1 is 1.06 bits per heavy atom. The molecule has 0 bridgehead atoms. The van der Waals surface area contributed by atoms with Crippen molar-refractivity contribution < 1.29 is 22.3 Å². The second-order valence-corrected chi connectivity index (χ2v) is 8.71. The van der Waals surface area contributed by atoms with Gasteiger partial charge in [-0.15, -0.1) is 0 Å². The minimum atomic E-state index is -3.99. The summed E-state index contributed by atoms with van der Waals surface area (Å²) in [5, 5.41) is 2.62. The van der Waals surface area contributed by atoms with Gasteiger partial charge in [-0.05, 0) is 74.0 Å². The number of amides is 1. The largest absolute Gasteiger partial charge is 0.494 e. The van der Waals surface area contributed by atoms with Crippen LogP contribution in [0.3, 0.4) is 0 Å². The van der Waals surface area contributed by atoms with Crippen molar-refractivity contribution in [1.82, 2.24) is 0 Å². The van der Waals surface area contributed by atoms with Crippen LogP contribution in [0, 0.1) is 12.7 Å². The van der Waals surface area contributed by atoms with Gasteiger partial charge in [0.2, 0.25) is 0 Å². The predicted molar refractivity (Wildman–Crippen MR) is 119 cm³/mol. The summed E-state index contributed by atoms with van der Waals surface area (Å²) >= 11 is 6.12. The number of nitrogens with one attached hydrogen (secondary N) is 2. The molecule has 3 aromatic rings. The van der Waals surface area contributed by atoms with Crippen LogP contribution in [-0.4, -0.2) is 20.9 Å². The van der Waals surface area contributed by atoms with E-state index in [-0.39, 0.29) is 21.2 Å². The lowest BCUT2D eigenvalue weighted by Crippen LogP contribution is -2.17. The van der Waals surface area contributed by atoms with Crippen LogP contribution in [-0.2, 0) is 10.0 Å². The molecule has 0 unspecified atom stereocenters. The first-order chi connectivity index (χ1) is 14.7. The van der Waals surface area contributed by atoms with E-state index in [0.717, 1.165) is 0 Å². The molecule has 162 valence electrons. The highest BCUT2D eigenvalue weighted by atomic mass is 35.5. The first-order valence-corrected chi connectivity index (χ1v) is 11.2. The molecule has 0 atom stereocenters. The third-order valence-electron chi connectivity index (χ3n) is 4.36. The monoisotopic (exact) mass is 462 g/mol. The highest BCUT2D eigenvalue weighted by Gasteiger charge is 2.20. The Balaban J connectivity index is 1.85. The number of rotatable bonds is 7. The van der Waals surface area contributed by atoms with E-state index in [1.54, 1.807) is 31.2 Å². The number of aryl methyl sites for hydroxylation is 1. The molecule has 2 N–H and O–H groups in total. The van der Waals surface area contributed by atoms with Crippen LogP contribution < -0.4 is 14.8 Å². The van der Waals surface area contributed by atoms with E-state index >= 15 is 0 Å². The molecule has 0 heterocycles. The average Bonchev–Trinajstić information content (AvgIpc) is 2.72. The summed E-state index contributed by atoms with van der Waals surface area (Å²) in [4.78, 5) is 12.5. The molecule has 0 spiro atoms. The molecule has 0 saturated heterocycles. The molecule has 1 amide bonds. The molecule has 31 heavy (non-hydrogen) atoms. The fourth-order valence-corrected chi connectivity index (χ4v) is 4.05. The van der Waals surface area contributed by atoms with Gasteiger partial charge in [-0.3, -0.25) is 9.52 Å². The van der Waals surface area contributed by atoms with Gasteiger partial charge in [0.15, 0.2) is 0 Å². The zero-order chi connectivity index (χ0) is 22.6. The molecule has 0 radical (unpaired) electrons. The third-order valence-corrected chi connectivity index (χ3v) is 6.07. The van der Waals surface area contributed by atoms with E-state index in [1.807, 2.05) is 6.92 Å². The highest BCUT2D eigenvalue weighted by Crippen LogP contribution is 2.25. The predicted octanol–water partition coefficient (Wildman–Crippen LogP) is 5.24. The maximum Gasteiger partial charge on any atom is 0.261 e. The van der Waals surface area contributed by atoms with Crippen LogP contribution in [0.15, 0.2) is 65.6 Å². The quantitative estimate of drug-likeness (QED) is 0.503.